The van der Waals surface area contributed by atoms with E-state index in [1.54, 1.807) is 0 Å². The van der Waals surface area contributed by atoms with E-state index in [9.17, 15) is 14.9 Å². The number of carbonyl (C=O) groups excluding carboxylic acids is 2. The van der Waals surface area contributed by atoms with E-state index in [2.05, 4.69) is 33.9 Å². The van der Waals surface area contributed by atoms with Crippen molar-refractivity contribution >= 4 is 11.8 Å². The molecule has 0 radical (unpaired) electrons. The van der Waals surface area contributed by atoms with E-state index in [0.717, 1.165) is 42.5 Å². The van der Waals surface area contributed by atoms with Crippen molar-refractivity contribution in [3.63, 3.8) is 0 Å². The van der Waals surface area contributed by atoms with Crippen molar-refractivity contribution in [1.29, 1.82) is 5.26 Å². The zero-order valence-corrected chi connectivity index (χ0v) is 19.3. The fraction of sp³-hybridized carbons (Fsp3) is 0.640. The third kappa shape index (κ3) is 5.29. The number of carbonyl (C=O) groups is 2. The Kier molecular flexibility index (Phi) is 8.61. The van der Waals surface area contributed by atoms with Crippen LogP contribution in [-0.2, 0) is 9.59 Å². The zero-order chi connectivity index (χ0) is 22.3. The van der Waals surface area contributed by atoms with E-state index in [-0.39, 0.29) is 29.6 Å². The number of nitriles is 1. The van der Waals surface area contributed by atoms with E-state index in [0.29, 0.717) is 13.0 Å². The Hall–Kier alpha value is -2.19. The SMILES string of the molecule is CCC(c1ccccc1)C1C(=O)N(CCC[N+](C)(CC)CC)C(=O)C1CC(C)C#N. The van der Waals surface area contributed by atoms with E-state index in [1.165, 1.54) is 4.90 Å². The number of amides is 2. The fourth-order valence-electron chi connectivity index (χ4n) is 4.72. The van der Waals surface area contributed by atoms with Crippen molar-refractivity contribution in [3.8, 4) is 6.07 Å². The fourth-order valence-corrected chi connectivity index (χ4v) is 4.72. The molecule has 1 aromatic carbocycles. The van der Waals surface area contributed by atoms with Gasteiger partial charge in [0.25, 0.3) is 0 Å². The Morgan fingerprint density at radius 1 is 1.10 bits per heavy atom. The maximum Gasteiger partial charge on any atom is 0.233 e. The van der Waals surface area contributed by atoms with Gasteiger partial charge in [0.1, 0.15) is 0 Å². The van der Waals surface area contributed by atoms with Crippen LogP contribution in [0.15, 0.2) is 30.3 Å². The molecule has 1 heterocycles. The Balaban J connectivity index is 2.26. The lowest BCUT2D eigenvalue weighted by Crippen LogP contribution is -2.45. The lowest BCUT2D eigenvalue weighted by Gasteiger charge is -2.32. The number of imide groups is 1. The first-order valence-electron chi connectivity index (χ1n) is 11.4. The summed E-state index contributed by atoms with van der Waals surface area (Å²) in [5.74, 6) is -1.16. The average Bonchev–Trinajstić information content (AvgIpc) is 2.99. The average molecular weight is 413 g/mol. The smallest absolute Gasteiger partial charge is 0.233 e. The molecule has 0 aromatic heterocycles. The second-order valence-corrected chi connectivity index (χ2v) is 8.98. The molecule has 4 atom stereocenters. The molecule has 0 saturated carbocycles. The van der Waals surface area contributed by atoms with Gasteiger partial charge in [0.2, 0.25) is 11.8 Å². The molecule has 0 spiro atoms. The third-order valence-electron chi connectivity index (χ3n) is 7.10. The number of quaternary nitrogens is 1. The summed E-state index contributed by atoms with van der Waals surface area (Å²) in [4.78, 5) is 28.3. The molecule has 5 heteroatoms. The first-order chi connectivity index (χ1) is 14.3. The normalized spacial score (nSPS) is 21.5. The van der Waals surface area contributed by atoms with Crippen LogP contribution in [-0.4, -0.2) is 54.4 Å². The van der Waals surface area contributed by atoms with Crippen molar-refractivity contribution < 1.29 is 14.1 Å². The summed E-state index contributed by atoms with van der Waals surface area (Å²) in [5.41, 5.74) is 1.10. The molecule has 164 valence electrons. The molecular weight excluding hydrogens is 374 g/mol. The first kappa shape index (κ1) is 24.1. The highest BCUT2D eigenvalue weighted by atomic mass is 16.2. The standard InChI is InChI=1S/C25H38N3O2/c1-6-21(20-13-10-9-11-14-20)23-22(17-19(4)18-26)24(29)27(25(23)30)15-12-16-28(5,7-2)8-3/h9-11,13-14,19,21-23H,6-8,12,15-17H2,1-5H3/q+1. The summed E-state index contributed by atoms with van der Waals surface area (Å²) >= 11 is 0. The molecule has 2 amide bonds. The van der Waals surface area contributed by atoms with E-state index >= 15 is 0 Å². The summed E-state index contributed by atoms with van der Waals surface area (Å²) < 4.78 is 0.941. The van der Waals surface area contributed by atoms with Crippen LogP contribution < -0.4 is 0 Å². The van der Waals surface area contributed by atoms with Crippen LogP contribution in [0.3, 0.4) is 0 Å². The predicted octanol–water partition coefficient (Wildman–Crippen LogP) is 4.21. The number of likely N-dealkylation sites (tertiary alicyclic amines) is 1. The van der Waals surface area contributed by atoms with Gasteiger partial charge in [0.15, 0.2) is 0 Å². The molecule has 5 nitrogen and oxygen atoms in total. The number of hydrogen-bond acceptors (Lipinski definition) is 3. The largest absolute Gasteiger partial charge is 0.326 e. The number of hydrogen-bond donors (Lipinski definition) is 0. The summed E-state index contributed by atoms with van der Waals surface area (Å²) in [6.45, 7) is 11.8. The van der Waals surface area contributed by atoms with Crippen LogP contribution in [0, 0.1) is 29.1 Å². The van der Waals surface area contributed by atoms with E-state index in [4.69, 9.17) is 0 Å². The second-order valence-electron chi connectivity index (χ2n) is 8.98. The van der Waals surface area contributed by atoms with Crippen molar-refractivity contribution in [1.82, 2.24) is 4.90 Å². The molecular formula is C25H38N3O2+. The van der Waals surface area contributed by atoms with Gasteiger partial charge in [0, 0.05) is 18.9 Å². The second kappa shape index (κ2) is 10.7. The van der Waals surface area contributed by atoms with Gasteiger partial charge in [-0.2, -0.15) is 5.26 Å². The number of benzene rings is 1. The van der Waals surface area contributed by atoms with Gasteiger partial charge in [0.05, 0.1) is 44.6 Å². The molecule has 30 heavy (non-hydrogen) atoms. The number of rotatable bonds is 11. The van der Waals surface area contributed by atoms with Crippen molar-refractivity contribution in [2.24, 2.45) is 17.8 Å². The van der Waals surface area contributed by atoms with Gasteiger partial charge in [-0.3, -0.25) is 14.5 Å². The minimum atomic E-state index is -0.407. The highest BCUT2D eigenvalue weighted by molar-refractivity contribution is 6.05. The summed E-state index contributed by atoms with van der Waals surface area (Å²) in [7, 11) is 2.22. The molecule has 1 fully saturated rings. The van der Waals surface area contributed by atoms with Crippen LogP contribution in [0.2, 0.25) is 0 Å². The Morgan fingerprint density at radius 2 is 1.73 bits per heavy atom. The van der Waals surface area contributed by atoms with Crippen LogP contribution in [0.5, 0.6) is 0 Å². The van der Waals surface area contributed by atoms with Gasteiger partial charge in [-0.1, -0.05) is 37.3 Å². The molecule has 1 aliphatic heterocycles. The lowest BCUT2D eigenvalue weighted by atomic mass is 9.75. The van der Waals surface area contributed by atoms with Gasteiger partial charge < -0.3 is 4.48 Å². The molecule has 1 saturated heterocycles. The van der Waals surface area contributed by atoms with Crippen molar-refractivity contribution in [2.45, 2.75) is 52.9 Å². The van der Waals surface area contributed by atoms with Crippen molar-refractivity contribution in [3.05, 3.63) is 35.9 Å². The van der Waals surface area contributed by atoms with Gasteiger partial charge in [-0.05, 0) is 45.1 Å². The Bertz CT molecular complexity index is 751. The zero-order valence-electron chi connectivity index (χ0n) is 19.3. The number of nitrogens with zero attached hydrogens (tertiary/aromatic N) is 3. The molecule has 2 rings (SSSR count). The molecule has 4 unspecified atom stereocenters. The van der Waals surface area contributed by atoms with Crippen LogP contribution in [0.1, 0.15) is 58.4 Å². The van der Waals surface area contributed by atoms with Crippen LogP contribution >= 0.6 is 0 Å². The highest BCUT2D eigenvalue weighted by Crippen LogP contribution is 2.42. The Morgan fingerprint density at radius 3 is 2.27 bits per heavy atom. The molecule has 1 aromatic rings. The van der Waals surface area contributed by atoms with Crippen molar-refractivity contribution in [2.75, 3.05) is 33.2 Å². The van der Waals surface area contributed by atoms with E-state index in [1.807, 2.05) is 37.3 Å². The minimum Gasteiger partial charge on any atom is -0.326 e. The molecule has 0 aliphatic carbocycles. The monoisotopic (exact) mass is 412 g/mol. The maximum atomic E-state index is 13.5. The maximum absolute atomic E-state index is 13.5. The molecule has 0 bridgehead atoms. The Labute approximate surface area is 182 Å². The van der Waals surface area contributed by atoms with Gasteiger partial charge in [-0.15, -0.1) is 0 Å². The van der Waals surface area contributed by atoms with Crippen LogP contribution in [0.25, 0.3) is 0 Å². The lowest BCUT2D eigenvalue weighted by molar-refractivity contribution is -0.906. The molecule has 1 aliphatic rings. The summed E-state index contributed by atoms with van der Waals surface area (Å²) in [5, 5.41) is 9.34. The summed E-state index contributed by atoms with van der Waals surface area (Å²) in [6, 6.07) is 12.3. The predicted molar refractivity (Wildman–Crippen MR) is 119 cm³/mol. The van der Waals surface area contributed by atoms with Gasteiger partial charge in [-0.25, -0.2) is 0 Å². The topological polar surface area (TPSA) is 61.2 Å². The quantitative estimate of drug-likeness (QED) is 0.404. The minimum absolute atomic E-state index is 0.00382. The summed E-state index contributed by atoms with van der Waals surface area (Å²) in [6.07, 6.45) is 2.05. The molecule has 0 N–H and O–H groups in total. The van der Waals surface area contributed by atoms with E-state index < -0.39 is 5.92 Å². The first-order valence-corrected chi connectivity index (χ1v) is 11.4. The highest BCUT2D eigenvalue weighted by Gasteiger charge is 2.50. The third-order valence-corrected chi connectivity index (χ3v) is 7.10. The van der Waals surface area contributed by atoms with Crippen LogP contribution in [0.4, 0.5) is 0 Å². The van der Waals surface area contributed by atoms with Gasteiger partial charge >= 0.3 is 0 Å².